The third kappa shape index (κ3) is 5.41. The molecule has 122 valence electrons. The van der Waals surface area contributed by atoms with Crippen LogP contribution in [-0.4, -0.2) is 34.9 Å². The van der Waals surface area contributed by atoms with Crippen molar-refractivity contribution in [3.63, 3.8) is 0 Å². The van der Waals surface area contributed by atoms with Crippen LogP contribution in [0.1, 0.15) is 38.2 Å². The van der Waals surface area contributed by atoms with Crippen LogP contribution < -0.4 is 5.32 Å². The van der Waals surface area contributed by atoms with Gasteiger partial charge in [-0.15, -0.1) is 0 Å². The first-order chi connectivity index (χ1) is 11.2. The van der Waals surface area contributed by atoms with E-state index in [0.29, 0.717) is 0 Å². The summed E-state index contributed by atoms with van der Waals surface area (Å²) in [7, 11) is 0. The van der Waals surface area contributed by atoms with Crippen molar-refractivity contribution in [3.05, 3.63) is 41.9 Å². The lowest BCUT2D eigenvalue weighted by molar-refractivity contribution is -0.117. The summed E-state index contributed by atoms with van der Waals surface area (Å²) in [5, 5.41) is 12.3. The first-order valence-electron chi connectivity index (χ1n) is 8.28. The van der Waals surface area contributed by atoms with E-state index in [1.165, 1.54) is 5.56 Å². The summed E-state index contributed by atoms with van der Waals surface area (Å²) in [6.07, 6.45) is 10.4. The van der Waals surface area contributed by atoms with E-state index in [1.54, 1.807) is 18.6 Å². The molecule has 0 unspecified atom stereocenters. The highest BCUT2D eigenvalue weighted by Gasteiger charge is 2.19. The highest BCUT2D eigenvalue weighted by molar-refractivity contribution is 5.97. The first-order valence-corrected chi connectivity index (χ1v) is 8.28. The lowest BCUT2D eigenvalue weighted by Crippen LogP contribution is -2.34. The summed E-state index contributed by atoms with van der Waals surface area (Å²) in [4.78, 5) is 18.2. The van der Waals surface area contributed by atoms with Crippen LogP contribution in [0.25, 0.3) is 0 Å². The molecule has 1 amide bonds. The quantitative estimate of drug-likeness (QED) is 0.620. The van der Waals surface area contributed by atoms with Gasteiger partial charge in [0.05, 0.1) is 0 Å². The van der Waals surface area contributed by atoms with Gasteiger partial charge in [0.2, 0.25) is 0 Å². The van der Waals surface area contributed by atoms with Gasteiger partial charge in [-0.1, -0.05) is 12.8 Å². The fraction of sp³-hybridized carbons (Fsp3) is 0.500. The number of amides is 1. The Hall–Kier alpha value is -2.35. The minimum atomic E-state index is -0.248. The van der Waals surface area contributed by atoms with E-state index in [1.807, 2.05) is 30.0 Å². The molecule has 1 saturated carbocycles. The number of carbonyl (C=O) groups excluding carboxylic acids is 1. The van der Waals surface area contributed by atoms with Crippen molar-refractivity contribution >= 4 is 5.91 Å². The molecule has 0 saturated heterocycles. The highest BCUT2D eigenvalue weighted by Crippen LogP contribution is 2.18. The molecule has 1 fully saturated rings. The zero-order chi connectivity index (χ0) is 16.5. The number of aromatic nitrogens is 1. The van der Waals surface area contributed by atoms with E-state index < -0.39 is 0 Å². The van der Waals surface area contributed by atoms with Crippen LogP contribution in [0.2, 0.25) is 0 Å². The Labute approximate surface area is 138 Å². The van der Waals surface area contributed by atoms with Gasteiger partial charge in [-0.2, -0.15) is 5.26 Å². The normalized spacial score (nSPS) is 15.2. The lowest BCUT2D eigenvalue weighted by atomic mass is 10.2. The van der Waals surface area contributed by atoms with Crippen molar-refractivity contribution in [2.24, 2.45) is 0 Å². The van der Waals surface area contributed by atoms with E-state index in [4.69, 9.17) is 0 Å². The molecule has 1 aromatic rings. The number of pyridine rings is 1. The van der Waals surface area contributed by atoms with E-state index >= 15 is 0 Å². The molecular weight excluding hydrogens is 288 g/mol. The number of rotatable bonds is 7. The van der Waals surface area contributed by atoms with Gasteiger partial charge >= 0.3 is 0 Å². The van der Waals surface area contributed by atoms with Crippen molar-refractivity contribution in [1.29, 1.82) is 5.26 Å². The minimum Gasteiger partial charge on any atom is -0.376 e. The standard InChI is InChI=1S/C18H24N4O/c1-2-22(12-9-15-7-10-20-11-8-15)14-16(13-19)18(23)21-17-5-3-4-6-17/h7-8,10-11,14,17H,2-6,9,12H2,1H3,(H,21,23)/b16-14-. The number of nitrogens with one attached hydrogen (secondary N) is 1. The van der Waals surface area contributed by atoms with E-state index in [9.17, 15) is 10.1 Å². The summed E-state index contributed by atoms with van der Waals surface area (Å²) in [6.45, 7) is 3.54. The van der Waals surface area contributed by atoms with Gasteiger partial charge in [0.1, 0.15) is 11.6 Å². The molecule has 1 aliphatic carbocycles. The second kappa shape index (κ2) is 8.94. The molecule has 5 nitrogen and oxygen atoms in total. The van der Waals surface area contributed by atoms with Crippen LogP contribution >= 0.6 is 0 Å². The third-order valence-corrected chi connectivity index (χ3v) is 4.21. The van der Waals surface area contributed by atoms with Crippen molar-refractivity contribution in [3.8, 4) is 6.07 Å². The monoisotopic (exact) mass is 312 g/mol. The van der Waals surface area contributed by atoms with Crippen LogP contribution in [0.5, 0.6) is 0 Å². The molecule has 0 atom stereocenters. The maximum Gasteiger partial charge on any atom is 0.263 e. The molecule has 0 bridgehead atoms. The Morgan fingerprint density at radius 3 is 2.74 bits per heavy atom. The van der Waals surface area contributed by atoms with Crippen molar-refractivity contribution in [2.75, 3.05) is 13.1 Å². The van der Waals surface area contributed by atoms with Crippen molar-refractivity contribution in [2.45, 2.75) is 45.1 Å². The molecule has 23 heavy (non-hydrogen) atoms. The van der Waals surface area contributed by atoms with E-state index in [-0.39, 0.29) is 17.5 Å². The molecule has 0 aromatic carbocycles. The highest BCUT2D eigenvalue weighted by atomic mass is 16.1. The largest absolute Gasteiger partial charge is 0.376 e. The van der Waals surface area contributed by atoms with Gasteiger partial charge in [0.15, 0.2) is 0 Å². The number of nitriles is 1. The predicted molar refractivity (Wildman–Crippen MR) is 89.3 cm³/mol. The zero-order valence-electron chi connectivity index (χ0n) is 13.7. The maximum atomic E-state index is 12.2. The molecule has 0 aliphatic heterocycles. The molecular formula is C18H24N4O. The van der Waals surface area contributed by atoms with Crippen LogP contribution in [0, 0.1) is 11.3 Å². The Bertz CT molecular complexity index is 570. The van der Waals surface area contributed by atoms with E-state index in [2.05, 4.69) is 10.3 Å². The summed E-state index contributed by atoms with van der Waals surface area (Å²) in [6, 6.07) is 6.23. The minimum absolute atomic E-state index is 0.188. The fourth-order valence-corrected chi connectivity index (χ4v) is 2.79. The second-order valence-corrected chi connectivity index (χ2v) is 5.84. The number of likely N-dealkylation sites (N-methyl/N-ethyl adjacent to an activating group) is 1. The number of hydrogen-bond acceptors (Lipinski definition) is 4. The van der Waals surface area contributed by atoms with Crippen LogP contribution in [0.15, 0.2) is 36.3 Å². The Morgan fingerprint density at radius 2 is 2.13 bits per heavy atom. The van der Waals surface area contributed by atoms with Crippen molar-refractivity contribution in [1.82, 2.24) is 15.2 Å². The molecule has 1 aromatic heterocycles. The van der Waals surface area contributed by atoms with Crippen LogP contribution in [0.4, 0.5) is 0 Å². The Kier molecular flexibility index (Phi) is 6.61. The molecule has 1 heterocycles. The Morgan fingerprint density at radius 1 is 1.43 bits per heavy atom. The summed E-state index contributed by atoms with van der Waals surface area (Å²) in [5.74, 6) is -0.248. The summed E-state index contributed by atoms with van der Waals surface area (Å²) < 4.78 is 0. The molecule has 1 aliphatic rings. The lowest BCUT2D eigenvalue weighted by Gasteiger charge is -2.19. The molecule has 5 heteroatoms. The van der Waals surface area contributed by atoms with Gasteiger partial charge in [0.25, 0.3) is 5.91 Å². The van der Waals surface area contributed by atoms with Gasteiger partial charge < -0.3 is 10.2 Å². The summed E-state index contributed by atoms with van der Waals surface area (Å²) in [5.41, 5.74) is 1.38. The smallest absolute Gasteiger partial charge is 0.263 e. The van der Waals surface area contributed by atoms with Gasteiger partial charge in [0, 0.05) is 37.7 Å². The summed E-state index contributed by atoms with van der Waals surface area (Å²) >= 11 is 0. The molecule has 0 spiro atoms. The molecule has 2 rings (SSSR count). The SMILES string of the molecule is CCN(/C=C(/C#N)C(=O)NC1CCCC1)CCc1ccncc1. The zero-order valence-corrected chi connectivity index (χ0v) is 13.7. The number of nitrogens with zero attached hydrogens (tertiary/aromatic N) is 3. The fourth-order valence-electron chi connectivity index (χ4n) is 2.79. The van der Waals surface area contributed by atoms with E-state index in [0.717, 1.165) is 45.2 Å². The molecule has 0 radical (unpaired) electrons. The first kappa shape index (κ1) is 17.0. The number of hydrogen-bond donors (Lipinski definition) is 1. The predicted octanol–water partition coefficient (Wildman–Crippen LogP) is 2.41. The average molecular weight is 312 g/mol. The third-order valence-electron chi connectivity index (χ3n) is 4.21. The number of carbonyl (C=O) groups is 1. The topological polar surface area (TPSA) is 69.0 Å². The second-order valence-electron chi connectivity index (χ2n) is 5.84. The van der Waals surface area contributed by atoms with Crippen LogP contribution in [0.3, 0.4) is 0 Å². The maximum absolute atomic E-state index is 12.2. The average Bonchev–Trinajstić information content (AvgIpc) is 3.09. The van der Waals surface area contributed by atoms with Gasteiger partial charge in [-0.25, -0.2) is 0 Å². The van der Waals surface area contributed by atoms with Gasteiger partial charge in [-0.05, 0) is 43.9 Å². The van der Waals surface area contributed by atoms with Crippen LogP contribution in [-0.2, 0) is 11.2 Å². The Balaban J connectivity index is 1.93. The molecule has 1 N–H and O–H groups in total. The van der Waals surface area contributed by atoms with Crippen molar-refractivity contribution < 1.29 is 4.79 Å². The van der Waals surface area contributed by atoms with Gasteiger partial charge in [-0.3, -0.25) is 9.78 Å².